The topological polar surface area (TPSA) is 35.5 Å². The third-order valence-electron chi connectivity index (χ3n) is 2.84. The van der Waals surface area contributed by atoms with Gasteiger partial charge in [-0.25, -0.2) is 0 Å². The van der Waals surface area contributed by atoms with Crippen LogP contribution < -0.4 is 5.32 Å². The molecule has 5 heteroatoms. The SMILES string of the molecule is CCN(CC)CC(O)CNc1cccc(Cl)c1Br. The number of benzene rings is 1. The number of hydrogen-bond donors (Lipinski definition) is 2. The molecular weight excluding hydrogens is 316 g/mol. The second kappa shape index (κ2) is 8.00. The zero-order valence-corrected chi connectivity index (χ0v) is 13.1. The largest absolute Gasteiger partial charge is 0.390 e. The van der Waals surface area contributed by atoms with Crippen molar-refractivity contribution in [2.24, 2.45) is 0 Å². The quantitative estimate of drug-likeness (QED) is 0.803. The number of likely N-dealkylation sites (N-methyl/N-ethyl adjacent to an activating group) is 1. The predicted octanol–water partition coefficient (Wildman–Crippen LogP) is 3.22. The minimum atomic E-state index is -0.393. The van der Waals surface area contributed by atoms with E-state index in [1.807, 2.05) is 18.2 Å². The number of rotatable bonds is 7. The van der Waals surface area contributed by atoms with E-state index in [1.54, 1.807) is 0 Å². The van der Waals surface area contributed by atoms with Gasteiger partial charge in [0.1, 0.15) is 0 Å². The molecule has 3 nitrogen and oxygen atoms in total. The third-order valence-corrected chi connectivity index (χ3v) is 4.24. The van der Waals surface area contributed by atoms with E-state index < -0.39 is 6.10 Å². The van der Waals surface area contributed by atoms with Crippen LogP contribution in [0.1, 0.15) is 13.8 Å². The van der Waals surface area contributed by atoms with Crippen LogP contribution >= 0.6 is 27.5 Å². The second-order valence-electron chi connectivity index (χ2n) is 4.12. The lowest BCUT2D eigenvalue weighted by molar-refractivity contribution is 0.128. The predicted molar refractivity (Wildman–Crippen MR) is 81.4 cm³/mol. The van der Waals surface area contributed by atoms with Crippen LogP contribution in [0.4, 0.5) is 5.69 Å². The molecule has 0 spiro atoms. The number of aliphatic hydroxyl groups excluding tert-OH is 1. The van der Waals surface area contributed by atoms with E-state index in [4.69, 9.17) is 11.6 Å². The van der Waals surface area contributed by atoms with Gasteiger partial charge in [-0.05, 0) is 41.2 Å². The van der Waals surface area contributed by atoms with Crippen molar-refractivity contribution in [1.82, 2.24) is 4.90 Å². The molecule has 1 aromatic carbocycles. The molecule has 0 aliphatic rings. The zero-order valence-electron chi connectivity index (χ0n) is 10.8. The van der Waals surface area contributed by atoms with E-state index in [2.05, 4.69) is 40.0 Å². The first-order chi connectivity index (χ1) is 8.58. The average molecular weight is 336 g/mol. The summed E-state index contributed by atoms with van der Waals surface area (Å²) in [5.41, 5.74) is 0.904. The number of nitrogens with zero attached hydrogens (tertiary/aromatic N) is 1. The minimum Gasteiger partial charge on any atom is -0.390 e. The number of nitrogens with one attached hydrogen (secondary N) is 1. The number of anilines is 1. The highest BCUT2D eigenvalue weighted by Gasteiger charge is 2.10. The molecule has 0 aliphatic carbocycles. The summed E-state index contributed by atoms with van der Waals surface area (Å²) in [5, 5.41) is 13.8. The van der Waals surface area contributed by atoms with Gasteiger partial charge in [-0.2, -0.15) is 0 Å². The Morgan fingerprint density at radius 3 is 2.67 bits per heavy atom. The van der Waals surface area contributed by atoms with Crippen molar-refractivity contribution >= 4 is 33.2 Å². The second-order valence-corrected chi connectivity index (χ2v) is 5.32. The van der Waals surface area contributed by atoms with Gasteiger partial charge >= 0.3 is 0 Å². The van der Waals surface area contributed by atoms with Crippen LogP contribution in [0.3, 0.4) is 0 Å². The van der Waals surface area contributed by atoms with Crippen molar-refractivity contribution in [3.63, 3.8) is 0 Å². The van der Waals surface area contributed by atoms with Gasteiger partial charge in [0.05, 0.1) is 21.3 Å². The molecule has 0 aliphatic heterocycles. The van der Waals surface area contributed by atoms with Gasteiger partial charge in [0, 0.05) is 13.1 Å². The van der Waals surface area contributed by atoms with Crippen molar-refractivity contribution < 1.29 is 5.11 Å². The molecule has 0 heterocycles. The molecule has 1 rings (SSSR count). The molecule has 1 atom stereocenters. The van der Waals surface area contributed by atoms with Gasteiger partial charge in [-0.15, -0.1) is 0 Å². The fraction of sp³-hybridized carbons (Fsp3) is 0.538. The van der Waals surface area contributed by atoms with Crippen molar-refractivity contribution in [3.05, 3.63) is 27.7 Å². The van der Waals surface area contributed by atoms with Gasteiger partial charge in [0.2, 0.25) is 0 Å². The Labute approximate surface area is 122 Å². The highest BCUT2D eigenvalue weighted by atomic mass is 79.9. The summed E-state index contributed by atoms with van der Waals surface area (Å²) in [6, 6.07) is 5.63. The Morgan fingerprint density at radius 1 is 1.39 bits per heavy atom. The standard InChI is InChI=1S/C13H20BrClN2O/c1-3-17(4-2)9-10(18)8-16-12-7-5-6-11(15)13(12)14/h5-7,10,16,18H,3-4,8-9H2,1-2H3. The van der Waals surface area contributed by atoms with Crippen molar-refractivity contribution in [2.75, 3.05) is 31.5 Å². The van der Waals surface area contributed by atoms with Gasteiger partial charge in [-0.1, -0.05) is 31.5 Å². The van der Waals surface area contributed by atoms with Crippen LogP contribution in [0.15, 0.2) is 22.7 Å². The lowest BCUT2D eigenvalue weighted by Crippen LogP contribution is -2.35. The highest BCUT2D eigenvalue weighted by molar-refractivity contribution is 9.10. The van der Waals surface area contributed by atoms with Crippen LogP contribution in [0.5, 0.6) is 0 Å². The Hall–Kier alpha value is -0.290. The fourth-order valence-corrected chi connectivity index (χ4v) is 2.29. The van der Waals surface area contributed by atoms with Crippen LogP contribution in [0.25, 0.3) is 0 Å². The summed E-state index contributed by atoms with van der Waals surface area (Å²) in [7, 11) is 0. The molecule has 0 aromatic heterocycles. The summed E-state index contributed by atoms with van der Waals surface area (Å²) < 4.78 is 0.835. The first-order valence-electron chi connectivity index (χ1n) is 6.16. The van der Waals surface area contributed by atoms with Crippen molar-refractivity contribution in [2.45, 2.75) is 20.0 Å². The molecule has 102 valence electrons. The third kappa shape index (κ3) is 4.76. The maximum Gasteiger partial charge on any atom is 0.0839 e. The van der Waals surface area contributed by atoms with Crippen LogP contribution in [-0.4, -0.2) is 42.3 Å². The zero-order chi connectivity index (χ0) is 13.5. The van der Waals surface area contributed by atoms with Crippen molar-refractivity contribution in [3.8, 4) is 0 Å². The molecule has 0 radical (unpaired) electrons. The molecule has 2 N–H and O–H groups in total. The van der Waals surface area contributed by atoms with E-state index in [9.17, 15) is 5.11 Å². The number of aliphatic hydroxyl groups is 1. The first-order valence-corrected chi connectivity index (χ1v) is 7.33. The van der Waals surface area contributed by atoms with Gasteiger partial charge in [0.25, 0.3) is 0 Å². The smallest absolute Gasteiger partial charge is 0.0839 e. The van der Waals surface area contributed by atoms with E-state index in [0.717, 1.165) is 23.2 Å². The molecule has 1 unspecified atom stereocenters. The Kier molecular flexibility index (Phi) is 7.00. The Balaban J connectivity index is 2.47. The van der Waals surface area contributed by atoms with E-state index >= 15 is 0 Å². The van der Waals surface area contributed by atoms with Crippen LogP contribution in [0, 0.1) is 0 Å². The minimum absolute atomic E-state index is 0.393. The maximum absolute atomic E-state index is 9.95. The summed E-state index contributed by atoms with van der Waals surface area (Å²) in [6.45, 7) is 7.28. The lowest BCUT2D eigenvalue weighted by Gasteiger charge is -2.22. The summed E-state index contributed by atoms with van der Waals surface area (Å²) in [4.78, 5) is 2.19. The average Bonchev–Trinajstić information content (AvgIpc) is 2.37. The van der Waals surface area contributed by atoms with Crippen LogP contribution in [0.2, 0.25) is 5.02 Å². The van der Waals surface area contributed by atoms with Crippen molar-refractivity contribution in [1.29, 1.82) is 0 Å². The van der Waals surface area contributed by atoms with E-state index in [1.165, 1.54) is 0 Å². The van der Waals surface area contributed by atoms with Gasteiger partial charge in [0.15, 0.2) is 0 Å². The first kappa shape index (κ1) is 15.8. The monoisotopic (exact) mass is 334 g/mol. The molecule has 0 saturated carbocycles. The molecule has 0 fully saturated rings. The van der Waals surface area contributed by atoms with Gasteiger partial charge < -0.3 is 15.3 Å². The maximum atomic E-state index is 9.95. The molecule has 1 aromatic rings. The van der Waals surface area contributed by atoms with Crippen LogP contribution in [-0.2, 0) is 0 Å². The molecule has 0 saturated heterocycles. The molecule has 0 amide bonds. The molecule has 18 heavy (non-hydrogen) atoms. The lowest BCUT2D eigenvalue weighted by atomic mass is 10.2. The fourth-order valence-electron chi connectivity index (χ4n) is 1.71. The highest BCUT2D eigenvalue weighted by Crippen LogP contribution is 2.29. The number of halogens is 2. The van der Waals surface area contributed by atoms with E-state index in [-0.39, 0.29) is 0 Å². The Morgan fingerprint density at radius 2 is 2.06 bits per heavy atom. The Bertz CT molecular complexity index is 372. The van der Waals surface area contributed by atoms with E-state index in [0.29, 0.717) is 18.1 Å². The summed E-state index contributed by atoms with van der Waals surface area (Å²) in [6.07, 6.45) is -0.393. The molecule has 0 bridgehead atoms. The summed E-state index contributed by atoms with van der Waals surface area (Å²) in [5.74, 6) is 0. The van der Waals surface area contributed by atoms with Gasteiger partial charge in [-0.3, -0.25) is 0 Å². The molecular formula is C13H20BrClN2O. The number of hydrogen-bond acceptors (Lipinski definition) is 3. The normalized spacial score (nSPS) is 12.8. The summed E-state index contributed by atoms with van der Waals surface area (Å²) >= 11 is 9.42.